The van der Waals surface area contributed by atoms with E-state index in [2.05, 4.69) is 18.2 Å². The highest BCUT2D eigenvalue weighted by Gasteiger charge is 1.83. The molecule has 0 aromatic carbocycles. The number of allylic oxidation sites excluding steroid dienone is 5. The fourth-order valence-corrected chi connectivity index (χ4v) is 2.19. The first-order chi connectivity index (χ1) is 4.81. The molecule has 0 aromatic rings. The first-order valence-electron chi connectivity index (χ1n) is 2.75. The van der Waals surface area contributed by atoms with E-state index in [0.29, 0.717) is 0 Å². The molecule has 3 heteroatoms. The van der Waals surface area contributed by atoms with Crippen LogP contribution in [0.4, 0.5) is 0 Å². The average Bonchev–Trinajstić information content (AvgIpc) is 1.89. The molecule has 0 unspecified atom stereocenters. The molecule has 0 N–H and O–H groups in total. The Balaban J connectivity index is 3.67. The van der Waals surface area contributed by atoms with Crippen molar-refractivity contribution in [3.05, 3.63) is 35.8 Å². The minimum atomic E-state index is 1.23. The Hall–Kier alpha value is 0.270. The quantitative estimate of drug-likeness (QED) is 0.406. The van der Waals surface area contributed by atoms with E-state index in [1.165, 1.54) is 14.7 Å². The molecular weight excluding hydrogens is 180 g/mol. The Labute approximate surface area is 75.1 Å². The second-order valence-corrected chi connectivity index (χ2v) is 4.80. The van der Waals surface area contributed by atoms with Crippen LogP contribution >= 0.6 is 32.3 Å². The van der Waals surface area contributed by atoms with Gasteiger partial charge >= 0.3 is 0 Å². The van der Waals surface area contributed by atoms with Crippen LogP contribution in [0.3, 0.4) is 0 Å². The van der Waals surface area contributed by atoms with Gasteiger partial charge in [0.2, 0.25) is 0 Å². The first kappa shape index (κ1) is 10.3. The number of hydrogen-bond acceptors (Lipinski definition) is 3. The third kappa shape index (κ3) is 6.39. The second-order valence-electron chi connectivity index (χ2n) is 1.56. The van der Waals surface area contributed by atoms with Gasteiger partial charge in [0.1, 0.15) is 0 Å². The third-order valence-corrected chi connectivity index (χ3v) is 2.90. The zero-order chi connectivity index (χ0) is 7.82. The van der Waals surface area contributed by atoms with E-state index in [9.17, 15) is 0 Å². The number of hydrogen-bond donors (Lipinski definition) is 1. The van der Waals surface area contributed by atoms with E-state index in [1.807, 2.05) is 25.2 Å². The summed E-state index contributed by atoms with van der Waals surface area (Å²) in [7, 11) is 3.09. The van der Waals surface area contributed by atoms with Crippen LogP contribution in [-0.4, -0.2) is 0 Å². The fourth-order valence-electron chi connectivity index (χ4n) is 0.356. The molecule has 0 aromatic heterocycles. The summed E-state index contributed by atoms with van der Waals surface area (Å²) >= 11 is 4.00. The summed E-state index contributed by atoms with van der Waals surface area (Å²) in [6.45, 7) is 5.60. The molecule has 10 heavy (non-hydrogen) atoms. The van der Waals surface area contributed by atoms with Crippen LogP contribution in [0, 0.1) is 0 Å². The van der Waals surface area contributed by atoms with Gasteiger partial charge in [-0.2, -0.15) is 0 Å². The highest BCUT2D eigenvalue weighted by Crippen LogP contribution is 2.31. The van der Waals surface area contributed by atoms with E-state index in [0.717, 1.165) is 0 Å². The van der Waals surface area contributed by atoms with Gasteiger partial charge in [0, 0.05) is 0 Å². The molecule has 0 aliphatic carbocycles. The van der Waals surface area contributed by atoms with Crippen molar-refractivity contribution in [3.63, 3.8) is 0 Å². The summed E-state index contributed by atoms with van der Waals surface area (Å²) in [6, 6.07) is 0. The van der Waals surface area contributed by atoms with E-state index in [-0.39, 0.29) is 0 Å². The normalized spacial score (nSPS) is 12.4. The zero-order valence-corrected chi connectivity index (χ0v) is 8.31. The molecule has 0 nitrogen and oxygen atoms in total. The summed E-state index contributed by atoms with van der Waals surface area (Å²) in [5.74, 6) is 0. The maximum absolute atomic E-state index is 4.00. The van der Waals surface area contributed by atoms with E-state index in [1.54, 1.807) is 16.9 Å². The summed E-state index contributed by atoms with van der Waals surface area (Å²) in [5.41, 5.74) is 0. The SMILES string of the molecule is C=C/C=C\C=C(/C)SSS. The topological polar surface area (TPSA) is 0 Å². The summed E-state index contributed by atoms with van der Waals surface area (Å²) in [6.07, 6.45) is 7.63. The van der Waals surface area contributed by atoms with Crippen LogP contribution in [-0.2, 0) is 0 Å². The van der Waals surface area contributed by atoms with Gasteiger partial charge in [0.15, 0.2) is 0 Å². The first-order valence-corrected chi connectivity index (χ1v) is 5.95. The Bertz CT molecular complexity index is 147. The van der Waals surface area contributed by atoms with Crippen molar-refractivity contribution >= 4 is 32.3 Å². The zero-order valence-electron chi connectivity index (χ0n) is 5.78. The molecule has 56 valence electrons. The maximum atomic E-state index is 4.00. The molecule has 0 amide bonds. The summed E-state index contributed by atoms with van der Waals surface area (Å²) < 4.78 is 0. The minimum absolute atomic E-state index is 1.23. The van der Waals surface area contributed by atoms with Crippen LogP contribution < -0.4 is 0 Å². The largest absolute Gasteiger partial charge is 0.0994 e. The van der Waals surface area contributed by atoms with Crippen LogP contribution in [0.25, 0.3) is 0 Å². The van der Waals surface area contributed by atoms with Crippen molar-refractivity contribution in [1.82, 2.24) is 0 Å². The molecule has 0 atom stereocenters. The molecule has 0 fully saturated rings. The highest BCUT2D eigenvalue weighted by molar-refractivity contribution is 9.06. The van der Waals surface area contributed by atoms with Gasteiger partial charge in [-0.05, 0) is 21.7 Å². The lowest BCUT2D eigenvalue weighted by Crippen LogP contribution is -1.57. The number of rotatable bonds is 4. The van der Waals surface area contributed by atoms with Crippen LogP contribution in [0.2, 0.25) is 0 Å². The fraction of sp³-hybridized carbons (Fsp3) is 0.143. The Morgan fingerprint density at radius 2 is 2.20 bits per heavy atom. The summed E-state index contributed by atoms with van der Waals surface area (Å²) in [5, 5.41) is 0. The molecule has 0 saturated heterocycles. The van der Waals surface area contributed by atoms with Crippen molar-refractivity contribution in [1.29, 1.82) is 0 Å². The number of thiol groups is 1. The van der Waals surface area contributed by atoms with Crippen LogP contribution in [0.5, 0.6) is 0 Å². The lowest BCUT2D eigenvalue weighted by molar-refractivity contribution is 1.68. The monoisotopic (exact) mass is 190 g/mol. The molecule has 0 bridgehead atoms. The van der Waals surface area contributed by atoms with Crippen molar-refractivity contribution in [3.8, 4) is 0 Å². The third-order valence-electron chi connectivity index (χ3n) is 0.747. The molecule has 0 aliphatic heterocycles. The standard InChI is InChI=1S/C7H10S3/c1-3-4-5-6-7(2)9-10-8/h3-6,8H,1H2,2H3/b5-4-,7-6+. The molecule has 0 heterocycles. The van der Waals surface area contributed by atoms with Gasteiger partial charge in [0.25, 0.3) is 0 Å². The average molecular weight is 190 g/mol. The molecule has 0 radical (unpaired) electrons. The minimum Gasteiger partial charge on any atom is -0.0994 e. The van der Waals surface area contributed by atoms with Crippen molar-refractivity contribution in [2.45, 2.75) is 6.92 Å². The smallest absolute Gasteiger partial charge is 0.00648 e. The van der Waals surface area contributed by atoms with Crippen molar-refractivity contribution in [2.24, 2.45) is 0 Å². The Morgan fingerprint density at radius 1 is 1.50 bits per heavy atom. The highest BCUT2D eigenvalue weighted by atomic mass is 33.5. The van der Waals surface area contributed by atoms with Crippen molar-refractivity contribution < 1.29 is 0 Å². The predicted molar refractivity (Wildman–Crippen MR) is 57.3 cm³/mol. The van der Waals surface area contributed by atoms with Gasteiger partial charge < -0.3 is 0 Å². The van der Waals surface area contributed by atoms with Gasteiger partial charge in [0.05, 0.1) is 0 Å². The van der Waals surface area contributed by atoms with Gasteiger partial charge in [-0.3, -0.25) is 0 Å². The van der Waals surface area contributed by atoms with Gasteiger partial charge in [-0.25, -0.2) is 0 Å². The lowest BCUT2D eigenvalue weighted by atomic mass is 10.4. The van der Waals surface area contributed by atoms with E-state index < -0.39 is 0 Å². The van der Waals surface area contributed by atoms with E-state index in [4.69, 9.17) is 0 Å². The predicted octanol–water partition coefficient (Wildman–Crippen LogP) is 3.86. The molecule has 0 saturated carbocycles. The van der Waals surface area contributed by atoms with E-state index >= 15 is 0 Å². The van der Waals surface area contributed by atoms with Gasteiger partial charge in [-0.15, -0.1) is 0 Å². The van der Waals surface area contributed by atoms with Gasteiger partial charge in [-0.1, -0.05) is 53.3 Å². The van der Waals surface area contributed by atoms with Crippen LogP contribution in [0.1, 0.15) is 6.92 Å². The maximum Gasteiger partial charge on any atom is -0.00648 e. The summed E-state index contributed by atoms with van der Waals surface area (Å²) in [4.78, 5) is 1.23. The Morgan fingerprint density at radius 3 is 2.70 bits per heavy atom. The Kier molecular flexibility index (Phi) is 7.58. The van der Waals surface area contributed by atoms with Crippen molar-refractivity contribution in [2.75, 3.05) is 0 Å². The lowest BCUT2D eigenvalue weighted by Gasteiger charge is -1.90. The molecule has 0 aliphatic rings. The second kappa shape index (κ2) is 7.38. The molecular formula is C7H10S3. The van der Waals surface area contributed by atoms with Crippen LogP contribution in [0.15, 0.2) is 35.8 Å². The molecule has 0 rings (SSSR count). The molecule has 0 spiro atoms.